The lowest BCUT2D eigenvalue weighted by Gasteiger charge is -2.10. The highest BCUT2D eigenvalue weighted by Gasteiger charge is 2.16. The minimum atomic E-state index is -0.590. The molecule has 0 aliphatic heterocycles. The van der Waals surface area contributed by atoms with Gasteiger partial charge in [0.2, 0.25) is 0 Å². The van der Waals surface area contributed by atoms with Crippen LogP contribution in [-0.2, 0) is 16.1 Å². The standard InChI is InChI=1S/C25H21N3O4/c1-31-19-10-8-17(9-11-19)14-27-24(29)16-32-25(30)21-13-23(18-5-4-12-26-15-18)28-22-7-3-2-6-20(21)22/h2-13,15H,14,16H2,1H3,(H,27,29). The van der Waals surface area contributed by atoms with Gasteiger partial charge in [-0.3, -0.25) is 9.78 Å². The highest BCUT2D eigenvalue weighted by atomic mass is 16.5. The molecule has 4 aromatic rings. The van der Waals surface area contributed by atoms with E-state index in [1.54, 1.807) is 37.7 Å². The molecular weight excluding hydrogens is 406 g/mol. The van der Waals surface area contributed by atoms with Crippen LogP contribution in [0.3, 0.4) is 0 Å². The van der Waals surface area contributed by atoms with Gasteiger partial charge in [-0.2, -0.15) is 0 Å². The zero-order valence-corrected chi connectivity index (χ0v) is 17.4. The zero-order valence-electron chi connectivity index (χ0n) is 17.4. The quantitative estimate of drug-likeness (QED) is 0.452. The number of hydrogen-bond donors (Lipinski definition) is 1. The van der Waals surface area contributed by atoms with E-state index in [1.165, 1.54) is 0 Å². The van der Waals surface area contributed by atoms with Gasteiger partial charge in [-0.25, -0.2) is 9.78 Å². The Morgan fingerprint density at radius 1 is 1.00 bits per heavy atom. The third kappa shape index (κ3) is 4.89. The van der Waals surface area contributed by atoms with Crippen LogP contribution in [0.15, 0.2) is 79.1 Å². The first-order valence-electron chi connectivity index (χ1n) is 10.0. The number of nitrogens with zero attached hydrogens (tertiary/aromatic N) is 2. The first kappa shape index (κ1) is 21.0. The zero-order chi connectivity index (χ0) is 22.3. The maximum absolute atomic E-state index is 12.8. The number of aromatic nitrogens is 2. The number of fused-ring (bicyclic) bond motifs is 1. The minimum absolute atomic E-state index is 0.323. The Kier molecular flexibility index (Phi) is 6.36. The topological polar surface area (TPSA) is 90.4 Å². The van der Waals surface area contributed by atoms with Crippen LogP contribution in [-0.4, -0.2) is 35.6 Å². The van der Waals surface area contributed by atoms with E-state index < -0.39 is 5.97 Å². The van der Waals surface area contributed by atoms with Crippen LogP contribution in [0, 0.1) is 0 Å². The summed E-state index contributed by atoms with van der Waals surface area (Å²) >= 11 is 0. The van der Waals surface area contributed by atoms with Gasteiger partial charge in [-0.1, -0.05) is 30.3 Å². The number of benzene rings is 2. The van der Waals surface area contributed by atoms with E-state index in [1.807, 2.05) is 48.5 Å². The monoisotopic (exact) mass is 427 g/mol. The summed E-state index contributed by atoms with van der Waals surface area (Å²) in [6, 6.07) is 20.0. The Balaban J connectivity index is 1.45. The number of para-hydroxylation sites is 1. The average Bonchev–Trinajstić information content (AvgIpc) is 2.86. The third-order valence-electron chi connectivity index (χ3n) is 4.88. The number of nitrogens with one attached hydrogen (secondary N) is 1. The molecule has 0 spiro atoms. The maximum Gasteiger partial charge on any atom is 0.339 e. The lowest BCUT2D eigenvalue weighted by Crippen LogP contribution is -2.28. The van der Waals surface area contributed by atoms with Gasteiger partial charge in [0.15, 0.2) is 6.61 Å². The van der Waals surface area contributed by atoms with Gasteiger partial charge < -0.3 is 14.8 Å². The second kappa shape index (κ2) is 9.70. The highest BCUT2D eigenvalue weighted by Crippen LogP contribution is 2.25. The number of pyridine rings is 2. The summed E-state index contributed by atoms with van der Waals surface area (Å²) in [6.45, 7) is -0.0580. The summed E-state index contributed by atoms with van der Waals surface area (Å²) in [4.78, 5) is 33.8. The van der Waals surface area contributed by atoms with Crippen molar-refractivity contribution in [1.29, 1.82) is 0 Å². The van der Waals surface area contributed by atoms with Crippen molar-refractivity contribution in [1.82, 2.24) is 15.3 Å². The molecule has 160 valence electrons. The van der Waals surface area contributed by atoms with E-state index in [0.29, 0.717) is 28.7 Å². The second-order valence-corrected chi connectivity index (χ2v) is 7.01. The second-order valence-electron chi connectivity index (χ2n) is 7.01. The number of carbonyl (C=O) groups excluding carboxylic acids is 2. The summed E-state index contributed by atoms with van der Waals surface area (Å²) in [5.41, 5.74) is 3.30. The van der Waals surface area contributed by atoms with Crippen LogP contribution in [0.2, 0.25) is 0 Å². The molecule has 0 saturated heterocycles. The normalized spacial score (nSPS) is 10.5. The maximum atomic E-state index is 12.8. The van der Waals surface area contributed by atoms with Crippen molar-refractivity contribution in [3.05, 3.63) is 90.3 Å². The van der Waals surface area contributed by atoms with Crippen molar-refractivity contribution in [2.24, 2.45) is 0 Å². The molecule has 7 heteroatoms. The van der Waals surface area contributed by atoms with Crippen LogP contribution in [0.25, 0.3) is 22.2 Å². The Morgan fingerprint density at radius 3 is 2.56 bits per heavy atom. The molecule has 0 aliphatic carbocycles. The molecule has 2 aromatic carbocycles. The summed E-state index contributed by atoms with van der Waals surface area (Å²) in [6.07, 6.45) is 3.35. The molecule has 1 N–H and O–H groups in total. The fourth-order valence-electron chi connectivity index (χ4n) is 3.21. The van der Waals surface area contributed by atoms with Crippen molar-refractivity contribution in [3.8, 4) is 17.0 Å². The molecule has 0 unspecified atom stereocenters. The molecule has 7 nitrogen and oxygen atoms in total. The van der Waals surface area contributed by atoms with E-state index >= 15 is 0 Å². The SMILES string of the molecule is COc1ccc(CNC(=O)COC(=O)c2cc(-c3cccnc3)nc3ccccc23)cc1. The molecule has 0 radical (unpaired) electrons. The first-order chi connectivity index (χ1) is 15.6. The predicted molar refractivity (Wildman–Crippen MR) is 120 cm³/mol. The molecule has 0 bridgehead atoms. The van der Waals surface area contributed by atoms with E-state index in [2.05, 4.69) is 15.3 Å². The molecule has 1 amide bonds. The van der Waals surface area contributed by atoms with Crippen molar-refractivity contribution < 1.29 is 19.1 Å². The average molecular weight is 427 g/mol. The molecular formula is C25H21N3O4. The van der Waals surface area contributed by atoms with Crippen molar-refractivity contribution in [2.75, 3.05) is 13.7 Å². The van der Waals surface area contributed by atoms with E-state index in [9.17, 15) is 9.59 Å². The minimum Gasteiger partial charge on any atom is -0.497 e. The smallest absolute Gasteiger partial charge is 0.339 e. The van der Waals surface area contributed by atoms with E-state index in [-0.39, 0.29) is 12.5 Å². The fourth-order valence-corrected chi connectivity index (χ4v) is 3.21. The highest BCUT2D eigenvalue weighted by molar-refractivity contribution is 6.05. The number of amides is 1. The largest absolute Gasteiger partial charge is 0.497 e. The number of rotatable bonds is 7. The van der Waals surface area contributed by atoms with Crippen molar-refractivity contribution in [2.45, 2.75) is 6.54 Å². The first-order valence-corrected chi connectivity index (χ1v) is 10.0. The third-order valence-corrected chi connectivity index (χ3v) is 4.88. The van der Waals surface area contributed by atoms with Crippen LogP contribution in [0.4, 0.5) is 0 Å². The molecule has 4 rings (SSSR count). The summed E-state index contributed by atoms with van der Waals surface area (Å²) in [5.74, 6) is -0.238. The fraction of sp³-hybridized carbons (Fsp3) is 0.120. The molecule has 2 heterocycles. The summed E-state index contributed by atoms with van der Waals surface area (Å²) in [5, 5.41) is 3.40. The van der Waals surface area contributed by atoms with E-state index in [4.69, 9.17) is 9.47 Å². The van der Waals surface area contributed by atoms with Crippen LogP contribution >= 0.6 is 0 Å². The van der Waals surface area contributed by atoms with Gasteiger partial charge >= 0.3 is 5.97 Å². The number of carbonyl (C=O) groups is 2. The Labute approximate surface area is 185 Å². The van der Waals surface area contributed by atoms with Crippen LogP contribution < -0.4 is 10.1 Å². The van der Waals surface area contributed by atoms with Gasteiger partial charge in [0.25, 0.3) is 5.91 Å². The van der Waals surface area contributed by atoms with E-state index in [0.717, 1.165) is 16.9 Å². The number of methoxy groups -OCH3 is 1. The predicted octanol–water partition coefficient (Wildman–Crippen LogP) is 3.78. The molecule has 0 atom stereocenters. The number of esters is 1. The lowest BCUT2D eigenvalue weighted by molar-refractivity contribution is -0.124. The molecule has 0 aliphatic rings. The Morgan fingerprint density at radius 2 is 1.81 bits per heavy atom. The lowest BCUT2D eigenvalue weighted by atomic mass is 10.1. The van der Waals surface area contributed by atoms with Gasteiger partial charge in [-0.15, -0.1) is 0 Å². The van der Waals surface area contributed by atoms with Crippen molar-refractivity contribution >= 4 is 22.8 Å². The van der Waals surface area contributed by atoms with Gasteiger partial charge in [0.1, 0.15) is 5.75 Å². The Hall–Kier alpha value is -4.26. The van der Waals surface area contributed by atoms with Gasteiger partial charge in [0, 0.05) is 29.9 Å². The van der Waals surface area contributed by atoms with Gasteiger partial charge in [-0.05, 0) is 42.0 Å². The molecule has 32 heavy (non-hydrogen) atoms. The number of ether oxygens (including phenoxy) is 2. The van der Waals surface area contributed by atoms with Crippen LogP contribution in [0.1, 0.15) is 15.9 Å². The molecule has 0 fully saturated rings. The van der Waals surface area contributed by atoms with Crippen molar-refractivity contribution in [3.63, 3.8) is 0 Å². The molecule has 0 saturated carbocycles. The number of hydrogen-bond acceptors (Lipinski definition) is 6. The van der Waals surface area contributed by atoms with Gasteiger partial charge in [0.05, 0.1) is 23.9 Å². The van der Waals surface area contributed by atoms with Crippen LogP contribution in [0.5, 0.6) is 5.75 Å². The Bertz CT molecular complexity index is 1240. The molecule has 2 aromatic heterocycles. The summed E-state index contributed by atoms with van der Waals surface area (Å²) in [7, 11) is 1.59. The summed E-state index contributed by atoms with van der Waals surface area (Å²) < 4.78 is 10.4.